The molecule has 0 atom stereocenters. The van der Waals surface area contributed by atoms with Crippen LogP contribution >= 0.6 is 0 Å². The number of fused-ring (bicyclic) bond motifs is 1. The highest BCUT2D eigenvalue weighted by molar-refractivity contribution is 5.92. The summed E-state index contributed by atoms with van der Waals surface area (Å²) in [7, 11) is 7.12. The van der Waals surface area contributed by atoms with Crippen molar-refractivity contribution in [1.29, 1.82) is 0 Å². The van der Waals surface area contributed by atoms with Crippen LogP contribution in [0, 0.1) is 0 Å². The fraction of sp³-hybridized carbons (Fsp3) is 0.357. The Morgan fingerprint density at radius 2 is 1.90 bits per heavy atom. The van der Waals surface area contributed by atoms with Crippen LogP contribution in [-0.4, -0.2) is 55.5 Å². The average molecular weight is 273 g/mol. The number of aromatic nitrogens is 2. The van der Waals surface area contributed by atoms with Crippen LogP contribution in [0.3, 0.4) is 0 Å². The van der Waals surface area contributed by atoms with E-state index in [0.717, 1.165) is 16.7 Å². The van der Waals surface area contributed by atoms with Gasteiger partial charge in [0.15, 0.2) is 0 Å². The highest BCUT2D eigenvalue weighted by Crippen LogP contribution is 2.24. The first-order valence-electron chi connectivity index (χ1n) is 6.38. The first-order chi connectivity index (χ1) is 9.52. The predicted molar refractivity (Wildman–Crippen MR) is 81.0 cm³/mol. The third kappa shape index (κ3) is 2.79. The van der Waals surface area contributed by atoms with Crippen LogP contribution in [0.5, 0.6) is 0 Å². The Hall–Kier alpha value is -2.37. The molecule has 0 fully saturated rings. The summed E-state index contributed by atoms with van der Waals surface area (Å²) in [5.41, 5.74) is 0.853. The molecule has 2 rings (SSSR count). The fourth-order valence-corrected chi connectivity index (χ4v) is 1.88. The molecule has 1 N–H and O–H groups in total. The van der Waals surface area contributed by atoms with Gasteiger partial charge in [-0.15, -0.1) is 0 Å². The zero-order valence-corrected chi connectivity index (χ0v) is 12.2. The van der Waals surface area contributed by atoms with Gasteiger partial charge in [-0.05, 0) is 12.1 Å². The summed E-state index contributed by atoms with van der Waals surface area (Å²) in [5, 5.41) is 3.88. The molecule has 1 heterocycles. The standard InChI is InChI=1S/C14H19N5O/c1-15-14-16-11-8-6-5-7-10(11)13(17-14)19(4)9-12(20)18(2)3/h5-8H,9H2,1-4H3,(H,15,16,17). The van der Waals surface area contributed by atoms with E-state index >= 15 is 0 Å². The Morgan fingerprint density at radius 3 is 2.55 bits per heavy atom. The summed E-state index contributed by atoms with van der Waals surface area (Å²) in [5.74, 6) is 1.32. The van der Waals surface area contributed by atoms with Crippen LogP contribution in [0.25, 0.3) is 10.9 Å². The van der Waals surface area contributed by atoms with Gasteiger partial charge in [-0.25, -0.2) is 4.98 Å². The summed E-state index contributed by atoms with van der Waals surface area (Å²) >= 11 is 0. The van der Waals surface area contributed by atoms with Gasteiger partial charge in [0.05, 0.1) is 12.1 Å². The molecule has 0 unspecified atom stereocenters. The fourth-order valence-electron chi connectivity index (χ4n) is 1.88. The van der Waals surface area contributed by atoms with Gasteiger partial charge in [0.1, 0.15) is 5.82 Å². The van der Waals surface area contributed by atoms with E-state index in [-0.39, 0.29) is 12.5 Å². The summed E-state index contributed by atoms with van der Waals surface area (Å²) in [4.78, 5) is 24.1. The number of nitrogens with one attached hydrogen (secondary N) is 1. The molecule has 1 aromatic heterocycles. The molecule has 0 radical (unpaired) electrons. The predicted octanol–water partition coefficient (Wildman–Crippen LogP) is 1.20. The lowest BCUT2D eigenvalue weighted by molar-refractivity contribution is -0.127. The van der Waals surface area contributed by atoms with Crippen molar-refractivity contribution in [3.05, 3.63) is 24.3 Å². The van der Waals surface area contributed by atoms with Gasteiger partial charge in [-0.2, -0.15) is 4.98 Å². The van der Waals surface area contributed by atoms with Gasteiger partial charge in [0.2, 0.25) is 11.9 Å². The number of hydrogen-bond donors (Lipinski definition) is 1. The van der Waals surface area contributed by atoms with Crippen molar-refractivity contribution in [2.75, 3.05) is 45.0 Å². The number of benzene rings is 1. The van der Waals surface area contributed by atoms with E-state index in [9.17, 15) is 4.79 Å². The van der Waals surface area contributed by atoms with Crippen molar-refractivity contribution in [3.63, 3.8) is 0 Å². The number of hydrogen-bond acceptors (Lipinski definition) is 5. The normalized spacial score (nSPS) is 10.4. The molecule has 0 aliphatic rings. The van der Waals surface area contributed by atoms with Gasteiger partial charge in [0.25, 0.3) is 0 Å². The van der Waals surface area contributed by atoms with E-state index in [1.165, 1.54) is 0 Å². The van der Waals surface area contributed by atoms with E-state index in [1.807, 2.05) is 36.2 Å². The molecule has 106 valence electrons. The van der Waals surface area contributed by atoms with Crippen LogP contribution in [0.15, 0.2) is 24.3 Å². The first kappa shape index (κ1) is 14.0. The number of carbonyl (C=O) groups is 1. The van der Waals surface area contributed by atoms with Crippen molar-refractivity contribution in [2.45, 2.75) is 0 Å². The minimum absolute atomic E-state index is 0.0289. The molecule has 2 aromatic rings. The van der Waals surface area contributed by atoms with Crippen LogP contribution in [-0.2, 0) is 4.79 Å². The summed E-state index contributed by atoms with van der Waals surface area (Å²) < 4.78 is 0. The van der Waals surface area contributed by atoms with Gasteiger partial charge >= 0.3 is 0 Å². The SMILES string of the molecule is CNc1nc(N(C)CC(=O)N(C)C)c2ccccc2n1. The van der Waals surface area contributed by atoms with Crippen LogP contribution < -0.4 is 10.2 Å². The van der Waals surface area contributed by atoms with Crippen LogP contribution in [0.4, 0.5) is 11.8 Å². The van der Waals surface area contributed by atoms with Gasteiger partial charge < -0.3 is 15.1 Å². The Kier molecular flexibility index (Phi) is 4.02. The van der Waals surface area contributed by atoms with Crippen molar-refractivity contribution < 1.29 is 4.79 Å². The van der Waals surface area contributed by atoms with Gasteiger partial charge in [-0.3, -0.25) is 4.79 Å². The zero-order chi connectivity index (χ0) is 14.7. The number of anilines is 2. The van der Waals surface area contributed by atoms with Crippen molar-refractivity contribution >= 4 is 28.6 Å². The Balaban J connectivity index is 2.44. The maximum Gasteiger partial charge on any atom is 0.241 e. The molecule has 0 aliphatic carbocycles. The Bertz CT molecular complexity index is 626. The number of carbonyl (C=O) groups excluding carboxylic acids is 1. The third-order valence-corrected chi connectivity index (χ3v) is 3.04. The molecule has 0 aliphatic heterocycles. The molecule has 0 saturated heterocycles. The lowest BCUT2D eigenvalue weighted by Crippen LogP contribution is -2.34. The van der Waals surface area contributed by atoms with Crippen molar-refractivity contribution in [2.24, 2.45) is 0 Å². The quantitative estimate of drug-likeness (QED) is 0.907. The molecule has 6 nitrogen and oxygen atoms in total. The van der Waals surface area contributed by atoms with E-state index < -0.39 is 0 Å². The summed E-state index contributed by atoms with van der Waals surface area (Å²) in [6.07, 6.45) is 0. The van der Waals surface area contributed by atoms with Gasteiger partial charge in [-0.1, -0.05) is 12.1 Å². The maximum absolute atomic E-state index is 11.8. The molecule has 0 saturated carbocycles. The molecule has 6 heteroatoms. The lowest BCUT2D eigenvalue weighted by atomic mass is 10.2. The maximum atomic E-state index is 11.8. The highest BCUT2D eigenvalue weighted by Gasteiger charge is 2.14. The molecule has 0 bridgehead atoms. The molecule has 1 amide bonds. The summed E-state index contributed by atoms with van der Waals surface area (Å²) in [6.45, 7) is 0.275. The largest absolute Gasteiger partial charge is 0.357 e. The second kappa shape index (κ2) is 5.73. The van der Waals surface area contributed by atoms with E-state index in [0.29, 0.717) is 5.95 Å². The minimum Gasteiger partial charge on any atom is -0.357 e. The molecular weight excluding hydrogens is 254 g/mol. The summed E-state index contributed by atoms with van der Waals surface area (Å²) in [6, 6.07) is 7.77. The lowest BCUT2D eigenvalue weighted by Gasteiger charge is -2.21. The first-order valence-corrected chi connectivity index (χ1v) is 6.38. The Labute approximate surface area is 118 Å². The smallest absolute Gasteiger partial charge is 0.241 e. The van der Waals surface area contributed by atoms with E-state index in [1.54, 1.807) is 26.0 Å². The van der Waals surface area contributed by atoms with Crippen LogP contribution in [0.1, 0.15) is 0 Å². The number of para-hydroxylation sites is 1. The van der Waals surface area contributed by atoms with Crippen molar-refractivity contribution in [1.82, 2.24) is 14.9 Å². The number of likely N-dealkylation sites (N-methyl/N-ethyl adjacent to an activating group) is 2. The Morgan fingerprint density at radius 1 is 1.20 bits per heavy atom. The highest BCUT2D eigenvalue weighted by atomic mass is 16.2. The minimum atomic E-state index is 0.0289. The van der Waals surface area contributed by atoms with Crippen LogP contribution in [0.2, 0.25) is 0 Å². The molecule has 20 heavy (non-hydrogen) atoms. The van der Waals surface area contributed by atoms with E-state index in [2.05, 4.69) is 15.3 Å². The number of nitrogens with zero attached hydrogens (tertiary/aromatic N) is 4. The number of rotatable bonds is 4. The molecular formula is C14H19N5O. The van der Waals surface area contributed by atoms with Crippen molar-refractivity contribution in [3.8, 4) is 0 Å². The third-order valence-electron chi connectivity index (χ3n) is 3.04. The molecule has 1 aromatic carbocycles. The zero-order valence-electron chi connectivity index (χ0n) is 12.2. The second-order valence-electron chi connectivity index (χ2n) is 4.78. The number of amides is 1. The second-order valence-corrected chi connectivity index (χ2v) is 4.78. The van der Waals surface area contributed by atoms with Gasteiger partial charge in [0, 0.05) is 33.6 Å². The average Bonchev–Trinajstić information content (AvgIpc) is 2.45. The van der Waals surface area contributed by atoms with E-state index in [4.69, 9.17) is 0 Å². The topological polar surface area (TPSA) is 61.4 Å². The monoisotopic (exact) mass is 273 g/mol. The molecule has 0 spiro atoms.